The van der Waals surface area contributed by atoms with E-state index in [4.69, 9.17) is 4.84 Å². The van der Waals surface area contributed by atoms with E-state index in [-0.39, 0.29) is 0 Å². The van der Waals surface area contributed by atoms with E-state index in [1.807, 2.05) is 60.7 Å². The van der Waals surface area contributed by atoms with Crippen LogP contribution < -0.4 is 0 Å². The smallest absolute Gasteiger partial charge is 0.350 e. The summed E-state index contributed by atoms with van der Waals surface area (Å²) in [5.74, 6) is -0.656. The Morgan fingerprint density at radius 2 is 1.38 bits per heavy atom. The van der Waals surface area contributed by atoms with E-state index in [0.717, 1.165) is 11.1 Å². The molecule has 0 saturated carbocycles. The van der Waals surface area contributed by atoms with Crippen LogP contribution in [0.25, 0.3) is 0 Å². The number of benzene rings is 2. The highest BCUT2D eigenvalue weighted by Gasteiger charge is 2.13. The first-order chi connectivity index (χ1) is 10.3. The van der Waals surface area contributed by atoms with Crippen LogP contribution in [-0.2, 0) is 22.7 Å². The zero-order valence-electron chi connectivity index (χ0n) is 11.5. The fourth-order valence-corrected chi connectivity index (χ4v) is 1.92. The van der Waals surface area contributed by atoms with Crippen LogP contribution in [0.1, 0.15) is 11.1 Å². The van der Waals surface area contributed by atoms with Crippen molar-refractivity contribution >= 4 is 5.97 Å². The Bertz CT molecular complexity index is 531. The third kappa shape index (κ3) is 5.16. The second-order valence-corrected chi connectivity index (χ2v) is 4.52. The Morgan fingerprint density at radius 3 is 1.81 bits per heavy atom. The highest BCUT2D eigenvalue weighted by molar-refractivity contribution is 5.71. The van der Waals surface area contributed by atoms with E-state index < -0.39 is 12.5 Å². The quantitative estimate of drug-likeness (QED) is 0.579. The lowest BCUT2D eigenvalue weighted by molar-refractivity contribution is -0.195. The van der Waals surface area contributed by atoms with Gasteiger partial charge in [0.05, 0.1) is 13.1 Å². The Morgan fingerprint density at radius 1 is 0.905 bits per heavy atom. The van der Waals surface area contributed by atoms with Gasteiger partial charge in [0.25, 0.3) is 0 Å². The summed E-state index contributed by atoms with van der Waals surface area (Å²) in [6.07, 6.45) is 0. The fourth-order valence-electron chi connectivity index (χ4n) is 1.92. The largest absolute Gasteiger partial charge is 0.365 e. The molecular weight excluding hydrogens is 268 g/mol. The van der Waals surface area contributed by atoms with E-state index in [9.17, 15) is 9.70 Å². The molecule has 0 aliphatic heterocycles. The summed E-state index contributed by atoms with van der Waals surface area (Å²) in [4.78, 5) is 26.8. The van der Waals surface area contributed by atoms with Gasteiger partial charge in [-0.3, -0.25) is 0 Å². The number of hydroxylamine groups is 2. The molecule has 2 rings (SSSR count). The molecule has 0 fully saturated rings. The summed E-state index contributed by atoms with van der Waals surface area (Å²) in [5.41, 5.74) is 2.03. The van der Waals surface area contributed by atoms with Crippen molar-refractivity contribution in [2.24, 2.45) is 5.18 Å². The molecule has 0 spiro atoms. The second kappa shape index (κ2) is 7.91. The van der Waals surface area contributed by atoms with Gasteiger partial charge >= 0.3 is 5.97 Å². The Kier molecular flexibility index (Phi) is 5.60. The first-order valence-electron chi connectivity index (χ1n) is 6.60. The van der Waals surface area contributed by atoms with Crippen LogP contribution in [0.2, 0.25) is 0 Å². The molecule has 0 heterocycles. The van der Waals surface area contributed by atoms with Crippen LogP contribution in [0, 0.1) is 4.91 Å². The maximum atomic E-state index is 11.5. The molecule has 0 N–H and O–H groups in total. The summed E-state index contributed by atoms with van der Waals surface area (Å²) in [6.45, 7) is 0.404. The van der Waals surface area contributed by atoms with Crippen molar-refractivity contribution in [3.8, 4) is 0 Å². The number of carbonyl (C=O) groups is 1. The molecule has 108 valence electrons. The van der Waals surface area contributed by atoms with Gasteiger partial charge in [0.15, 0.2) is 6.54 Å². The zero-order chi connectivity index (χ0) is 14.9. The van der Waals surface area contributed by atoms with E-state index in [2.05, 4.69) is 5.18 Å². The van der Waals surface area contributed by atoms with Crippen molar-refractivity contribution in [3.05, 3.63) is 76.7 Å². The molecule has 5 heteroatoms. The molecule has 0 atom stereocenters. The van der Waals surface area contributed by atoms with Gasteiger partial charge in [-0.1, -0.05) is 65.8 Å². The topological polar surface area (TPSA) is 59.0 Å². The molecule has 0 aromatic heterocycles. The third-order valence-electron chi connectivity index (χ3n) is 2.83. The van der Waals surface area contributed by atoms with Crippen LogP contribution in [0.5, 0.6) is 0 Å². The van der Waals surface area contributed by atoms with Crippen LogP contribution in [0.3, 0.4) is 0 Å². The van der Waals surface area contributed by atoms with Gasteiger partial charge in [-0.15, -0.1) is 5.06 Å². The van der Waals surface area contributed by atoms with E-state index in [1.54, 1.807) is 0 Å². The highest BCUT2D eigenvalue weighted by atomic mass is 16.7. The predicted molar refractivity (Wildman–Crippen MR) is 78.9 cm³/mol. The second-order valence-electron chi connectivity index (χ2n) is 4.52. The van der Waals surface area contributed by atoms with Crippen LogP contribution in [0.15, 0.2) is 65.8 Å². The van der Waals surface area contributed by atoms with Gasteiger partial charge in [-0.25, -0.2) is 4.79 Å². The van der Waals surface area contributed by atoms with Crippen molar-refractivity contribution in [1.82, 2.24) is 5.06 Å². The number of nitrogens with zero attached hydrogens (tertiary/aromatic N) is 2. The molecule has 2 aromatic rings. The van der Waals surface area contributed by atoms with Gasteiger partial charge < -0.3 is 4.84 Å². The van der Waals surface area contributed by atoms with Crippen LogP contribution >= 0.6 is 0 Å². The average molecular weight is 284 g/mol. The van der Waals surface area contributed by atoms with Gasteiger partial charge in [0, 0.05) is 0 Å². The van der Waals surface area contributed by atoms with E-state index in [0.29, 0.717) is 13.1 Å². The maximum absolute atomic E-state index is 11.5. The predicted octanol–water partition coefficient (Wildman–Crippen LogP) is 2.91. The number of rotatable bonds is 7. The Balaban J connectivity index is 2.06. The molecule has 0 bridgehead atoms. The molecule has 0 radical (unpaired) electrons. The van der Waals surface area contributed by atoms with E-state index in [1.165, 1.54) is 5.06 Å². The first-order valence-corrected chi connectivity index (χ1v) is 6.60. The molecule has 2 aromatic carbocycles. The summed E-state index contributed by atoms with van der Waals surface area (Å²) in [7, 11) is 0. The first kappa shape index (κ1) is 14.9. The van der Waals surface area contributed by atoms with Crippen molar-refractivity contribution in [2.75, 3.05) is 6.54 Å². The average Bonchev–Trinajstić information content (AvgIpc) is 2.49. The molecule has 0 saturated heterocycles. The lowest BCUT2D eigenvalue weighted by Crippen LogP contribution is -2.27. The minimum atomic E-state index is -0.656. The van der Waals surface area contributed by atoms with Gasteiger partial charge in [-0.2, -0.15) is 4.91 Å². The van der Waals surface area contributed by atoms with Crippen molar-refractivity contribution in [1.29, 1.82) is 0 Å². The SMILES string of the molecule is O=NCC(=O)ON(Cc1ccccc1)Cc1ccccc1. The van der Waals surface area contributed by atoms with E-state index >= 15 is 0 Å². The normalized spacial score (nSPS) is 10.3. The van der Waals surface area contributed by atoms with Gasteiger partial charge in [0.2, 0.25) is 0 Å². The molecule has 0 unspecified atom stereocenters. The number of carbonyl (C=O) groups excluding carboxylic acids is 1. The standard InChI is InChI=1S/C16H16N2O3/c19-16(11-17-20)21-18(12-14-7-3-1-4-8-14)13-15-9-5-2-6-10-15/h1-10H,11-13H2. The summed E-state index contributed by atoms with van der Waals surface area (Å²) in [6, 6.07) is 19.3. The lowest BCUT2D eigenvalue weighted by Gasteiger charge is -2.21. The van der Waals surface area contributed by atoms with Gasteiger partial charge in [0.1, 0.15) is 0 Å². The van der Waals surface area contributed by atoms with Crippen LogP contribution in [0.4, 0.5) is 0 Å². The molecule has 21 heavy (non-hydrogen) atoms. The van der Waals surface area contributed by atoms with Crippen LogP contribution in [-0.4, -0.2) is 17.6 Å². The summed E-state index contributed by atoms with van der Waals surface area (Å²) < 4.78 is 0. The lowest BCUT2D eigenvalue weighted by atomic mass is 10.2. The summed E-state index contributed by atoms with van der Waals surface area (Å²) in [5, 5.41) is 4.08. The number of hydrogen-bond acceptors (Lipinski definition) is 5. The molecule has 0 aliphatic carbocycles. The molecular formula is C16H16N2O3. The monoisotopic (exact) mass is 284 g/mol. The van der Waals surface area contributed by atoms with Gasteiger partial charge in [-0.05, 0) is 11.1 Å². The molecule has 0 amide bonds. The fraction of sp³-hybridized carbons (Fsp3) is 0.188. The highest BCUT2D eigenvalue weighted by Crippen LogP contribution is 2.10. The third-order valence-corrected chi connectivity index (χ3v) is 2.83. The molecule has 5 nitrogen and oxygen atoms in total. The number of hydrogen-bond donors (Lipinski definition) is 0. The van der Waals surface area contributed by atoms with Crippen molar-refractivity contribution in [2.45, 2.75) is 13.1 Å². The number of nitroso groups, excluding NO2 is 1. The minimum absolute atomic E-state index is 0.445. The zero-order valence-corrected chi connectivity index (χ0v) is 11.5. The van der Waals surface area contributed by atoms with Crippen molar-refractivity contribution < 1.29 is 9.63 Å². The van der Waals surface area contributed by atoms with Crippen molar-refractivity contribution in [3.63, 3.8) is 0 Å². The Hall–Kier alpha value is -2.53. The summed E-state index contributed by atoms with van der Waals surface area (Å²) >= 11 is 0. The maximum Gasteiger partial charge on any atom is 0.350 e. The minimum Gasteiger partial charge on any atom is -0.365 e. The molecule has 0 aliphatic rings. The Labute approximate surface area is 123 Å².